The van der Waals surface area contributed by atoms with E-state index in [4.69, 9.17) is 8.83 Å². The summed E-state index contributed by atoms with van der Waals surface area (Å²) in [5, 5.41) is 9.40. The van der Waals surface area contributed by atoms with Crippen molar-refractivity contribution in [3.05, 3.63) is 205 Å². The number of aryl methyl sites for hydroxylation is 2. The van der Waals surface area contributed by atoms with Crippen molar-refractivity contribution in [2.75, 3.05) is 9.80 Å². The molecule has 4 nitrogen and oxygen atoms in total. The summed E-state index contributed by atoms with van der Waals surface area (Å²) in [6.07, 6.45) is 1.83. The molecule has 2 heterocycles. The fraction of sp³-hybridized carbons (Fsp3) is 0.0667. The summed E-state index contributed by atoms with van der Waals surface area (Å²) in [6, 6.07) is 70.4. The van der Waals surface area contributed by atoms with Crippen molar-refractivity contribution in [1.82, 2.24) is 0 Å². The molecule has 64 heavy (non-hydrogen) atoms. The molecule has 1 aliphatic rings. The molecule has 0 saturated heterocycles. The monoisotopic (exact) mass is 822 g/mol. The lowest BCUT2D eigenvalue weighted by molar-refractivity contribution is 0.663. The van der Waals surface area contributed by atoms with Crippen molar-refractivity contribution < 1.29 is 8.83 Å². The van der Waals surface area contributed by atoms with Crippen LogP contribution in [0.3, 0.4) is 0 Å². The largest absolute Gasteiger partial charge is 0.454 e. The van der Waals surface area contributed by atoms with E-state index >= 15 is 0 Å². The van der Waals surface area contributed by atoms with Gasteiger partial charge >= 0.3 is 0 Å². The Morgan fingerprint density at radius 2 is 0.688 bits per heavy atom. The number of hydrogen-bond donors (Lipinski definition) is 0. The molecule has 0 bridgehead atoms. The predicted molar refractivity (Wildman–Crippen MR) is 269 cm³/mol. The van der Waals surface area contributed by atoms with Crippen molar-refractivity contribution in [3.8, 4) is 22.3 Å². The van der Waals surface area contributed by atoms with Crippen LogP contribution in [-0.4, -0.2) is 0 Å². The fourth-order valence-electron chi connectivity index (χ4n) is 10.3. The van der Waals surface area contributed by atoms with Crippen LogP contribution in [0.5, 0.6) is 0 Å². The summed E-state index contributed by atoms with van der Waals surface area (Å²) in [5.41, 5.74) is 17.7. The van der Waals surface area contributed by atoms with Gasteiger partial charge in [-0.2, -0.15) is 0 Å². The molecule has 0 amide bonds. The zero-order valence-corrected chi connectivity index (χ0v) is 35.6. The minimum atomic E-state index is 0.896. The number of anilines is 6. The van der Waals surface area contributed by atoms with Gasteiger partial charge in [-0.1, -0.05) is 123 Å². The Balaban J connectivity index is 0.908. The highest BCUT2D eigenvalue weighted by Gasteiger charge is 2.26. The van der Waals surface area contributed by atoms with Crippen molar-refractivity contribution >= 4 is 99.5 Å². The van der Waals surface area contributed by atoms with Crippen LogP contribution >= 0.6 is 0 Å². The van der Waals surface area contributed by atoms with Gasteiger partial charge in [-0.05, 0) is 153 Å². The van der Waals surface area contributed by atoms with Gasteiger partial charge in [-0.15, -0.1) is 0 Å². The standard InChI is InChI=1S/C60H42N2O2/c1-3-37-15-11-21-47-49-23-13-25-55(59(49)63-57(37)47)61(43-17-7-5-8-18-43)45-29-27-39-33-51-53(35-41(39)31-45)52-34-40-28-30-46(32-42(40)36-54(51)52)62(44-19-9-6-10-20-44)56-26-14-24-50-48-22-12-16-38(4-2)58(48)64-60(50)56/h5-36H,3-4H2,1-2H3. The Kier molecular flexibility index (Phi) is 8.13. The SMILES string of the molecule is CCc1cccc2c1oc1c(N(c3ccccc3)c3ccc4cc5c(cc4c3)-c3cc4ccc(N(c6ccccc6)c6cccc7c6oc6c(CC)cccc67)cc4cc3-5)cccc12. The van der Waals surface area contributed by atoms with Crippen LogP contribution in [0, 0.1) is 0 Å². The maximum Gasteiger partial charge on any atom is 0.159 e. The number of para-hydroxylation sites is 6. The van der Waals surface area contributed by atoms with Gasteiger partial charge in [-0.3, -0.25) is 0 Å². The maximum absolute atomic E-state index is 6.79. The van der Waals surface area contributed by atoms with Crippen LogP contribution in [0.25, 0.3) is 87.7 Å². The third-order valence-corrected chi connectivity index (χ3v) is 13.5. The minimum absolute atomic E-state index is 0.896. The van der Waals surface area contributed by atoms with Crippen molar-refractivity contribution in [1.29, 1.82) is 0 Å². The molecular weight excluding hydrogens is 781 g/mol. The molecule has 1 aliphatic carbocycles. The Hall–Kier alpha value is -8.08. The normalized spacial score (nSPS) is 12.0. The Bertz CT molecular complexity index is 3560. The van der Waals surface area contributed by atoms with E-state index in [9.17, 15) is 0 Å². The summed E-state index contributed by atoms with van der Waals surface area (Å²) in [6.45, 7) is 4.37. The first-order valence-electron chi connectivity index (χ1n) is 22.4. The second-order valence-corrected chi connectivity index (χ2v) is 17.0. The molecule has 4 heteroatoms. The van der Waals surface area contributed by atoms with Gasteiger partial charge in [0, 0.05) is 44.3 Å². The van der Waals surface area contributed by atoms with Gasteiger partial charge in [-0.25, -0.2) is 0 Å². The van der Waals surface area contributed by atoms with Crippen LogP contribution in [0.15, 0.2) is 203 Å². The van der Waals surface area contributed by atoms with Gasteiger partial charge in [0.25, 0.3) is 0 Å². The second kappa shape index (κ2) is 14.2. The number of benzene rings is 10. The van der Waals surface area contributed by atoms with E-state index in [1.165, 1.54) is 54.9 Å². The first-order valence-corrected chi connectivity index (χ1v) is 22.4. The third kappa shape index (κ3) is 5.49. The van der Waals surface area contributed by atoms with Crippen molar-refractivity contribution in [2.24, 2.45) is 0 Å². The van der Waals surface area contributed by atoms with E-state index in [-0.39, 0.29) is 0 Å². The molecule has 304 valence electrons. The zero-order valence-electron chi connectivity index (χ0n) is 35.6. The average Bonchev–Trinajstić information content (AvgIpc) is 3.94. The summed E-state index contributed by atoms with van der Waals surface area (Å²) in [7, 11) is 0. The maximum atomic E-state index is 6.79. The molecule has 0 atom stereocenters. The summed E-state index contributed by atoms with van der Waals surface area (Å²) < 4.78 is 13.6. The highest BCUT2D eigenvalue weighted by Crippen LogP contribution is 2.52. The van der Waals surface area contributed by atoms with E-state index in [1.807, 2.05) is 0 Å². The van der Waals surface area contributed by atoms with E-state index in [0.29, 0.717) is 0 Å². The van der Waals surface area contributed by atoms with Crippen LogP contribution in [0.1, 0.15) is 25.0 Å². The lowest BCUT2D eigenvalue weighted by atomic mass is 9.78. The molecule has 10 aromatic carbocycles. The number of rotatable bonds is 8. The van der Waals surface area contributed by atoms with Gasteiger partial charge in [0.1, 0.15) is 11.2 Å². The van der Waals surface area contributed by atoms with E-state index in [2.05, 4.69) is 218 Å². The molecule has 12 aromatic rings. The van der Waals surface area contributed by atoms with Gasteiger partial charge in [0.15, 0.2) is 11.2 Å². The Morgan fingerprint density at radius 1 is 0.312 bits per heavy atom. The van der Waals surface area contributed by atoms with Crippen molar-refractivity contribution in [3.63, 3.8) is 0 Å². The lowest BCUT2D eigenvalue weighted by Crippen LogP contribution is -2.10. The number of fused-ring (bicyclic) bond motifs is 12. The Morgan fingerprint density at radius 3 is 1.09 bits per heavy atom. The van der Waals surface area contributed by atoms with E-state index in [1.54, 1.807) is 0 Å². The summed E-state index contributed by atoms with van der Waals surface area (Å²) >= 11 is 0. The van der Waals surface area contributed by atoms with Crippen molar-refractivity contribution in [2.45, 2.75) is 26.7 Å². The van der Waals surface area contributed by atoms with E-state index < -0.39 is 0 Å². The first kappa shape index (κ1) is 36.6. The van der Waals surface area contributed by atoms with Crippen LogP contribution in [-0.2, 0) is 12.8 Å². The van der Waals surface area contributed by atoms with Crippen LogP contribution < -0.4 is 9.80 Å². The second-order valence-electron chi connectivity index (χ2n) is 17.0. The number of nitrogens with zero attached hydrogens (tertiary/aromatic N) is 2. The minimum Gasteiger partial charge on any atom is -0.454 e. The zero-order chi connectivity index (χ0) is 42.5. The first-order chi connectivity index (χ1) is 31.6. The molecule has 13 rings (SSSR count). The third-order valence-electron chi connectivity index (χ3n) is 13.5. The molecule has 0 spiro atoms. The van der Waals surface area contributed by atoms with Gasteiger partial charge in [0.2, 0.25) is 0 Å². The average molecular weight is 823 g/mol. The number of furan rings is 2. The van der Waals surface area contributed by atoms with Crippen LogP contribution in [0.2, 0.25) is 0 Å². The predicted octanol–water partition coefficient (Wildman–Crippen LogP) is 17.5. The summed E-state index contributed by atoms with van der Waals surface area (Å²) in [5.74, 6) is 0. The van der Waals surface area contributed by atoms with E-state index in [0.717, 1.165) is 90.8 Å². The molecule has 0 aliphatic heterocycles. The lowest BCUT2D eigenvalue weighted by Gasteiger charge is -2.28. The smallest absolute Gasteiger partial charge is 0.159 e. The van der Waals surface area contributed by atoms with Gasteiger partial charge in [0.05, 0.1) is 11.4 Å². The molecule has 0 saturated carbocycles. The molecular formula is C60H42N2O2. The highest BCUT2D eigenvalue weighted by molar-refractivity contribution is 6.15. The topological polar surface area (TPSA) is 32.8 Å². The van der Waals surface area contributed by atoms with Gasteiger partial charge < -0.3 is 18.6 Å². The molecule has 2 aromatic heterocycles. The Labute approximate surface area is 370 Å². The fourth-order valence-corrected chi connectivity index (χ4v) is 10.3. The highest BCUT2D eigenvalue weighted by atomic mass is 16.3. The molecule has 0 unspecified atom stereocenters. The quantitative estimate of drug-likeness (QED) is 0.153. The summed E-state index contributed by atoms with van der Waals surface area (Å²) in [4.78, 5) is 4.67. The molecule has 0 radical (unpaired) electrons. The molecule has 0 fully saturated rings. The van der Waals surface area contributed by atoms with Crippen LogP contribution in [0.4, 0.5) is 34.1 Å². The number of hydrogen-bond acceptors (Lipinski definition) is 4. The molecule has 0 N–H and O–H groups in total.